The highest BCUT2D eigenvalue weighted by Crippen LogP contribution is 2.28. The van der Waals surface area contributed by atoms with E-state index < -0.39 is 6.04 Å². The Morgan fingerprint density at radius 3 is 2.34 bits per heavy atom. The van der Waals surface area contributed by atoms with E-state index in [1.54, 1.807) is 12.4 Å². The van der Waals surface area contributed by atoms with Crippen LogP contribution in [-0.4, -0.2) is 34.3 Å². The molecule has 2 heterocycles. The fourth-order valence-electron chi connectivity index (χ4n) is 4.78. The number of carbonyl (C=O) groups excluding carboxylic acids is 2. The normalized spacial score (nSPS) is 17.3. The third kappa shape index (κ3) is 6.99. The minimum Gasteiger partial charge on any atom is -0.350 e. The topological polar surface area (TPSA) is 88.3 Å². The molecule has 1 aliphatic heterocycles. The van der Waals surface area contributed by atoms with Crippen LogP contribution >= 0.6 is 0 Å². The Kier molecular flexibility index (Phi) is 8.63. The molecule has 3 N–H and O–H groups in total. The monoisotopic (exact) mass is 470 g/mol. The highest BCUT2D eigenvalue weighted by Gasteiger charge is 2.39. The standard InChI is InChI=1S/C29H34N4O2/c30-19-24-9-11-25(12-10-24)20-32-29(35)27-18-26(17-23-13-15-31-16-14-23)21-33(27)28(34)8-4-7-22-5-2-1-3-6-22/h1-3,5-6,9-16,26-27H,4,7-8,17-21,30H2,(H,32,35)/t26-,27+/m1/s1. The Balaban J connectivity index is 1.38. The lowest BCUT2D eigenvalue weighted by atomic mass is 9.97. The molecule has 0 spiro atoms. The van der Waals surface area contributed by atoms with Gasteiger partial charge in [0.15, 0.2) is 0 Å². The van der Waals surface area contributed by atoms with Crippen LogP contribution in [0.4, 0.5) is 0 Å². The van der Waals surface area contributed by atoms with Crippen LogP contribution < -0.4 is 11.1 Å². The Morgan fingerprint density at radius 1 is 0.914 bits per heavy atom. The maximum atomic E-state index is 13.2. The molecule has 6 heteroatoms. The number of amides is 2. The molecule has 0 bridgehead atoms. The minimum absolute atomic E-state index is 0.0607. The third-order valence-electron chi connectivity index (χ3n) is 6.71. The van der Waals surface area contributed by atoms with Crippen molar-refractivity contribution in [2.24, 2.45) is 11.7 Å². The highest BCUT2D eigenvalue weighted by atomic mass is 16.2. The average Bonchev–Trinajstić information content (AvgIpc) is 3.32. The van der Waals surface area contributed by atoms with E-state index in [1.165, 1.54) is 11.1 Å². The van der Waals surface area contributed by atoms with Gasteiger partial charge < -0.3 is 16.0 Å². The molecule has 1 saturated heterocycles. The van der Waals surface area contributed by atoms with Crippen molar-refractivity contribution in [2.45, 2.75) is 51.2 Å². The predicted molar refractivity (Wildman–Crippen MR) is 137 cm³/mol. The van der Waals surface area contributed by atoms with Crippen molar-refractivity contribution in [3.8, 4) is 0 Å². The van der Waals surface area contributed by atoms with Crippen molar-refractivity contribution in [2.75, 3.05) is 6.54 Å². The molecule has 2 aromatic carbocycles. The molecule has 0 aliphatic carbocycles. The lowest BCUT2D eigenvalue weighted by Crippen LogP contribution is -2.45. The zero-order valence-electron chi connectivity index (χ0n) is 20.1. The Morgan fingerprint density at radius 2 is 1.63 bits per heavy atom. The summed E-state index contributed by atoms with van der Waals surface area (Å²) in [6.45, 7) is 1.54. The van der Waals surface area contributed by atoms with Gasteiger partial charge in [-0.25, -0.2) is 0 Å². The zero-order chi connectivity index (χ0) is 24.5. The number of hydrogen-bond acceptors (Lipinski definition) is 4. The maximum Gasteiger partial charge on any atom is 0.243 e. The summed E-state index contributed by atoms with van der Waals surface area (Å²) in [5, 5.41) is 3.06. The summed E-state index contributed by atoms with van der Waals surface area (Å²) in [5.74, 6) is 0.224. The SMILES string of the molecule is NCc1ccc(CNC(=O)[C@@H]2C[C@@H](Cc3ccncc3)CN2C(=O)CCCc2ccccc2)cc1. The van der Waals surface area contributed by atoms with Crippen molar-refractivity contribution >= 4 is 11.8 Å². The first-order valence-corrected chi connectivity index (χ1v) is 12.4. The fourth-order valence-corrected chi connectivity index (χ4v) is 4.78. The summed E-state index contributed by atoms with van der Waals surface area (Å²) in [4.78, 5) is 32.3. The van der Waals surface area contributed by atoms with Gasteiger partial charge in [0.25, 0.3) is 0 Å². The number of aromatic nitrogens is 1. The van der Waals surface area contributed by atoms with Gasteiger partial charge in [0.05, 0.1) is 0 Å². The van der Waals surface area contributed by atoms with Crippen LogP contribution in [0.3, 0.4) is 0 Å². The number of likely N-dealkylation sites (tertiary alicyclic amines) is 1. The molecule has 0 radical (unpaired) electrons. The van der Waals surface area contributed by atoms with Gasteiger partial charge in [0.1, 0.15) is 6.04 Å². The number of nitrogens with two attached hydrogens (primary N) is 1. The number of rotatable bonds is 10. The highest BCUT2D eigenvalue weighted by molar-refractivity contribution is 5.88. The second-order valence-corrected chi connectivity index (χ2v) is 9.30. The summed E-state index contributed by atoms with van der Waals surface area (Å²) in [7, 11) is 0. The van der Waals surface area contributed by atoms with Crippen LogP contribution in [0.2, 0.25) is 0 Å². The first-order chi connectivity index (χ1) is 17.1. The molecule has 6 nitrogen and oxygen atoms in total. The van der Waals surface area contributed by atoms with Crippen molar-refractivity contribution in [3.63, 3.8) is 0 Å². The van der Waals surface area contributed by atoms with E-state index in [0.29, 0.717) is 32.5 Å². The van der Waals surface area contributed by atoms with Crippen LogP contribution in [0.25, 0.3) is 0 Å². The summed E-state index contributed by atoms with van der Waals surface area (Å²) >= 11 is 0. The number of nitrogens with one attached hydrogen (secondary N) is 1. The Labute approximate surface area is 207 Å². The molecule has 4 rings (SSSR count). The molecule has 2 atom stereocenters. The molecule has 1 fully saturated rings. The van der Waals surface area contributed by atoms with Crippen molar-refractivity contribution in [1.29, 1.82) is 0 Å². The van der Waals surface area contributed by atoms with Crippen molar-refractivity contribution < 1.29 is 9.59 Å². The molecule has 35 heavy (non-hydrogen) atoms. The Bertz CT molecular complexity index is 1090. The second-order valence-electron chi connectivity index (χ2n) is 9.30. The van der Waals surface area contributed by atoms with E-state index in [0.717, 1.165) is 30.4 Å². The second kappa shape index (κ2) is 12.3. The summed E-state index contributed by atoms with van der Waals surface area (Å²) in [6, 6.07) is 21.7. The van der Waals surface area contributed by atoms with E-state index in [9.17, 15) is 9.59 Å². The minimum atomic E-state index is -0.436. The summed E-state index contributed by atoms with van der Waals surface area (Å²) in [5.41, 5.74) is 10.2. The lowest BCUT2D eigenvalue weighted by Gasteiger charge is -2.24. The van der Waals surface area contributed by atoms with Gasteiger partial charge in [-0.2, -0.15) is 0 Å². The molecule has 3 aromatic rings. The Hall–Kier alpha value is -3.51. The number of carbonyl (C=O) groups is 2. The van der Waals surface area contributed by atoms with E-state index in [-0.39, 0.29) is 17.7 Å². The van der Waals surface area contributed by atoms with Crippen LogP contribution in [-0.2, 0) is 35.5 Å². The number of aryl methyl sites for hydroxylation is 1. The quantitative estimate of drug-likeness (QED) is 0.474. The maximum absolute atomic E-state index is 13.2. The smallest absolute Gasteiger partial charge is 0.243 e. The van der Waals surface area contributed by atoms with Crippen molar-refractivity contribution in [1.82, 2.24) is 15.2 Å². The van der Waals surface area contributed by atoms with E-state index in [1.807, 2.05) is 59.5 Å². The molecule has 182 valence electrons. The van der Waals surface area contributed by atoms with Gasteiger partial charge in [-0.05, 0) is 66.0 Å². The third-order valence-corrected chi connectivity index (χ3v) is 6.71. The number of hydrogen-bond donors (Lipinski definition) is 2. The number of benzene rings is 2. The van der Waals surface area contributed by atoms with Gasteiger partial charge in [-0.15, -0.1) is 0 Å². The van der Waals surface area contributed by atoms with Gasteiger partial charge in [0.2, 0.25) is 11.8 Å². The van der Waals surface area contributed by atoms with Gasteiger partial charge >= 0.3 is 0 Å². The first-order valence-electron chi connectivity index (χ1n) is 12.4. The summed E-state index contributed by atoms with van der Waals surface area (Å²) < 4.78 is 0. The van der Waals surface area contributed by atoms with Crippen LogP contribution in [0.1, 0.15) is 41.5 Å². The molecular formula is C29H34N4O2. The van der Waals surface area contributed by atoms with Crippen LogP contribution in [0.5, 0.6) is 0 Å². The largest absolute Gasteiger partial charge is 0.350 e. The average molecular weight is 471 g/mol. The van der Waals surface area contributed by atoms with Crippen LogP contribution in [0, 0.1) is 5.92 Å². The molecule has 2 amide bonds. The predicted octanol–water partition coefficient (Wildman–Crippen LogP) is 3.64. The lowest BCUT2D eigenvalue weighted by molar-refractivity contribution is -0.138. The number of nitrogens with zero attached hydrogens (tertiary/aromatic N) is 2. The molecule has 1 aromatic heterocycles. The van der Waals surface area contributed by atoms with E-state index in [2.05, 4.69) is 22.4 Å². The first kappa shape index (κ1) is 24.6. The van der Waals surface area contributed by atoms with Gasteiger partial charge in [-0.3, -0.25) is 14.6 Å². The molecule has 1 aliphatic rings. The van der Waals surface area contributed by atoms with E-state index >= 15 is 0 Å². The van der Waals surface area contributed by atoms with Gasteiger partial charge in [0, 0.05) is 38.4 Å². The van der Waals surface area contributed by atoms with Crippen molar-refractivity contribution in [3.05, 3.63) is 101 Å². The number of pyridine rings is 1. The van der Waals surface area contributed by atoms with Gasteiger partial charge in [-0.1, -0.05) is 54.6 Å². The zero-order valence-corrected chi connectivity index (χ0v) is 20.1. The molecule has 0 unspecified atom stereocenters. The molecular weight excluding hydrogens is 436 g/mol. The fraction of sp³-hybridized carbons (Fsp3) is 0.345. The summed E-state index contributed by atoms with van der Waals surface area (Å²) in [6.07, 6.45) is 7.16. The molecule has 0 saturated carbocycles. The van der Waals surface area contributed by atoms with E-state index in [4.69, 9.17) is 5.73 Å². The van der Waals surface area contributed by atoms with Crippen LogP contribution in [0.15, 0.2) is 79.1 Å².